The van der Waals surface area contributed by atoms with Crippen molar-refractivity contribution in [1.29, 1.82) is 0 Å². The average molecular weight is 459 g/mol. The van der Waals surface area contributed by atoms with Crippen molar-refractivity contribution in [2.24, 2.45) is 4.99 Å². The minimum Gasteiger partial charge on any atom is -0.494 e. The van der Waals surface area contributed by atoms with Gasteiger partial charge in [-0.25, -0.2) is 4.99 Å². The number of carbonyl (C=O) groups is 1. The highest BCUT2D eigenvalue weighted by molar-refractivity contribution is 6.00. The summed E-state index contributed by atoms with van der Waals surface area (Å²) in [6.07, 6.45) is 1.02. The molecule has 0 aliphatic carbocycles. The second kappa shape index (κ2) is 11.0. The lowest BCUT2D eigenvalue weighted by atomic mass is 9.91. The van der Waals surface area contributed by atoms with Gasteiger partial charge < -0.3 is 19.9 Å². The van der Waals surface area contributed by atoms with E-state index < -0.39 is 5.54 Å². The minimum absolute atomic E-state index is 0.0954. The molecule has 3 aromatic carbocycles. The van der Waals surface area contributed by atoms with Crippen LogP contribution in [0, 0.1) is 6.92 Å². The summed E-state index contributed by atoms with van der Waals surface area (Å²) in [5.41, 5.74) is 2.96. The maximum absolute atomic E-state index is 13.5. The van der Waals surface area contributed by atoms with Gasteiger partial charge in [-0.3, -0.25) is 4.79 Å². The summed E-state index contributed by atoms with van der Waals surface area (Å²) < 4.78 is 11.6. The predicted molar refractivity (Wildman–Crippen MR) is 132 cm³/mol. The van der Waals surface area contributed by atoms with Crippen LogP contribution >= 0.6 is 0 Å². The van der Waals surface area contributed by atoms with Crippen LogP contribution in [0.15, 0.2) is 83.9 Å². The van der Waals surface area contributed by atoms with Crippen LogP contribution in [0.3, 0.4) is 0 Å². The van der Waals surface area contributed by atoms with Crippen LogP contribution < -0.4 is 10.1 Å². The lowest BCUT2D eigenvalue weighted by Gasteiger charge is -2.23. The second-order valence-corrected chi connectivity index (χ2v) is 8.52. The molecule has 1 amide bonds. The number of aliphatic hydroxyl groups excluding tert-OH is 1. The third-order valence-corrected chi connectivity index (χ3v) is 5.73. The van der Waals surface area contributed by atoms with E-state index in [0.29, 0.717) is 37.6 Å². The SMILES string of the molecule is Cc1cccc(CNC(=O)[C@@]2(Cc3ccccc3)COC(c3ccc(OCCCO)cc3)=N2)c1. The molecule has 0 spiro atoms. The number of aliphatic imine (C=N–C) groups is 1. The number of hydrogen-bond acceptors (Lipinski definition) is 5. The van der Waals surface area contributed by atoms with E-state index in [9.17, 15) is 4.79 Å². The smallest absolute Gasteiger partial charge is 0.252 e. The molecule has 0 bridgehead atoms. The largest absolute Gasteiger partial charge is 0.494 e. The van der Waals surface area contributed by atoms with Crippen molar-refractivity contribution in [3.8, 4) is 5.75 Å². The van der Waals surface area contributed by atoms with E-state index in [1.165, 1.54) is 0 Å². The quantitative estimate of drug-likeness (QED) is 0.453. The molecule has 6 heteroatoms. The zero-order valence-corrected chi connectivity index (χ0v) is 19.4. The maximum Gasteiger partial charge on any atom is 0.252 e. The average Bonchev–Trinajstić information content (AvgIpc) is 3.29. The number of carbonyl (C=O) groups excluding carboxylic acids is 1. The molecule has 1 aliphatic heterocycles. The summed E-state index contributed by atoms with van der Waals surface area (Å²) in [5, 5.41) is 12.0. The summed E-state index contributed by atoms with van der Waals surface area (Å²) in [6, 6.07) is 25.4. The number of benzene rings is 3. The molecule has 1 heterocycles. The highest BCUT2D eigenvalue weighted by Gasteiger charge is 2.44. The van der Waals surface area contributed by atoms with Crippen LogP contribution in [0.5, 0.6) is 5.75 Å². The number of nitrogens with one attached hydrogen (secondary N) is 1. The van der Waals surface area contributed by atoms with E-state index in [1.54, 1.807) is 0 Å². The van der Waals surface area contributed by atoms with Gasteiger partial charge in [0.15, 0.2) is 5.54 Å². The van der Waals surface area contributed by atoms with Crippen molar-refractivity contribution in [3.63, 3.8) is 0 Å². The normalized spacial score (nSPS) is 17.1. The van der Waals surface area contributed by atoms with E-state index in [1.807, 2.05) is 79.7 Å². The number of rotatable bonds is 10. The third-order valence-electron chi connectivity index (χ3n) is 5.73. The number of aryl methyl sites for hydroxylation is 1. The first-order valence-electron chi connectivity index (χ1n) is 11.5. The van der Waals surface area contributed by atoms with Crippen molar-refractivity contribution in [2.45, 2.75) is 31.8 Å². The molecule has 3 aromatic rings. The van der Waals surface area contributed by atoms with E-state index in [-0.39, 0.29) is 19.1 Å². The van der Waals surface area contributed by atoms with Crippen molar-refractivity contribution in [3.05, 3.63) is 101 Å². The Morgan fingerprint density at radius 1 is 1.06 bits per heavy atom. The van der Waals surface area contributed by atoms with E-state index >= 15 is 0 Å². The van der Waals surface area contributed by atoms with Crippen molar-refractivity contribution in [1.82, 2.24) is 5.32 Å². The standard InChI is InChI=1S/C28H30N2O4/c1-21-7-5-10-23(17-21)19-29-27(32)28(18-22-8-3-2-4-9-22)20-34-26(30-28)24-11-13-25(14-12-24)33-16-6-15-31/h2-5,7-14,17,31H,6,15-16,18-20H2,1H3,(H,29,32)/t28-/m1/s1. The van der Waals surface area contributed by atoms with Gasteiger partial charge in [0.1, 0.15) is 12.4 Å². The molecule has 2 N–H and O–H groups in total. The Kier molecular flexibility index (Phi) is 7.60. The van der Waals surface area contributed by atoms with Crippen LogP contribution in [-0.4, -0.2) is 42.3 Å². The number of amides is 1. The summed E-state index contributed by atoms with van der Waals surface area (Å²) in [5.74, 6) is 1.00. The topological polar surface area (TPSA) is 80.2 Å². The second-order valence-electron chi connectivity index (χ2n) is 8.52. The van der Waals surface area contributed by atoms with Gasteiger partial charge in [0.2, 0.25) is 5.90 Å². The highest BCUT2D eigenvalue weighted by Crippen LogP contribution is 2.28. The van der Waals surface area contributed by atoms with Gasteiger partial charge in [0, 0.05) is 31.6 Å². The molecule has 0 radical (unpaired) electrons. The maximum atomic E-state index is 13.5. The number of aliphatic hydroxyl groups is 1. The van der Waals surface area contributed by atoms with Gasteiger partial charge in [-0.15, -0.1) is 0 Å². The summed E-state index contributed by atoms with van der Waals surface area (Å²) in [6.45, 7) is 3.19. The fourth-order valence-corrected chi connectivity index (χ4v) is 3.93. The molecule has 34 heavy (non-hydrogen) atoms. The molecule has 1 aliphatic rings. The van der Waals surface area contributed by atoms with Crippen molar-refractivity contribution in [2.75, 3.05) is 19.8 Å². The molecule has 176 valence electrons. The number of nitrogens with zero attached hydrogens (tertiary/aromatic N) is 1. The fraction of sp³-hybridized carbons (Fsp3) is 0.286. The molecule has 0 fully saturated rings. The highest BCUT2D eigenvalue weighted by atomic mass is 16.5. The first-order chi connectivity index (χ1) is 16.6. The van der Waals surface area contributed by atoms with Gasteiger partial charge in [-0.1, -0.05) is 60.2 Å². The lowest BCUT2D eigenvalue weighted by molar-refractivity contribution is -0.126. The zero-order valence-electron chi connectivity index (χ0n) is 19.4. The molecule has 0 saturated carbocycles. The Bertz CT molecular complexity index is 1130. The van der Waals surface area contributed by atoms with Gasteiger partial charge in [-0.05, 0) is 42.3 Å². The van der Waals surface area contributed by atoms with Crippen LogP contribution in [-0.2, 0) is 22.5 Å². The summed E-state index contributed by atoms with van der Waals surface area (Å²) in [4.78, 5) is 18.3. The van der Waals surface area contributed by atoms with Gasteiger partial charge in [-0.2, -0.15) is 0 Å². The lowest BCUT2D eigenvalue weighted by Crippen LogP contribution is -2.48. The fourth-order valence-electron chi connectivity index (χ4n) is 3.93. The summed E-state index contributed by atoms with van der Waals surface area (Å²) in [7, 11) is 0. The van der Waals surface area contributed by atoms with Crippen LogP contribution in [0.1, 0.15) is 28.7 Å². The minimum atomic E-state index is -1.04. The Morgan fingerprint density at radius 3 is 2.56 bits per heavy atom. The van der Waals surface area contributed by atoms with Crippen molar-refractivity contribution >= 4 is 11.8 Å². The Morgan fingerprint density at radius 2 is 1.82 bits per heavy atom. The van der Waals surface area contributed by atoms with Crippen LogP contribution in [0.4, 0.5) is 0 Å². The molecule has 0 unspecified atom stereocenters. The molecule has 0 saturated heterocycles. The molecule has 0 aromatic heterocycles. The van der Waals surface area contributed by atoms with E-state index in [2.05, 4.69) is 11.4 Å². The first kappa shape index (κ1) is 23.5. The van der Waals surface area contributed by atoms with Gasteiger partial charge >= 0.3 is 0 Å². The predicted octanol–water partition coefficient (Wildman–Crippen LogP) is 3.83. The molecular formula is C28H30N2O4. The zero-order chi connectivity index (χ0) is 23.8. The Balaban J connectivity index is 1.54. The molecular weight excluding hydrogens is 428 g/mol. The third kappa shape index (κ3) is 5.83. The monoisotopic (exact) mass is 458 g/mol. The first-order valence-corrected chi connectivity index (χ1v) is 11.5. The molecule has 4 rings (SSSR count). The number of hydrogen-bond donors (Lipinski definition) is 2. The molecule has 1 atom stereocenters. The number of ether oxygens (including phenoxy) is 2. The van der Waals surface area contributed by atoms with Crippen molar-refractivity contribution < 1.29 is 19.4 Å². The van der Waals surface area contributed by atoms with Gasteiger partial charge in [0.25, 0.3) is 5.91 Å². The van der Waals surface area contributed by atoms with E-state index in [4.69, 9.17) is 19.6 Å². The Labute approximate surface area is 200 Å². The molecule has 6 nitrogen and oxygen atoms in total. The van der Waals surface area contributed by atoms with Gasteiger partial charge in [0.05, 0.1) is 6.61 Å². The summed E-state index contributed by atoms with van der Waals surface area (Å²) >= 11 is 0. The van der Waals surface area contributed by atoms with Crippen LogP contribution in [0.25, 0.3) is 0 Å². The Hall–Kier alpha value is -3.64. The van der Waals surface area contributed by atoms with E-state index in [0.717, 1.165) is 22.3 Å². The van der Waals surface area contributed by atoms with Crippen LogP contribution in [0.2, 0.25) is 0 Å².